The number of carbonyl (C=O) groups excluding carboxylic acids is 1. The summed E-state index contributed by atoms with van der Waals surface area (Å²) in [6.07, 6.45) is 8.97. The summed E-state index contributed by atoms with van der Waals surface area (Å²) in [6.45, 7) is 5.52. The molecule has 0 radical (unpaired) electrons. The maximum Gasteiger partial charge on any atom is 0.236 e. The van der Waals surface area contributed by atoms with Crippen LogP contribution in [0.1, 0.15) is 39.5 Å². The Morgan fingerprint density at radius 3 is 2.73 bits per heavy atom. The quantitative estimate of drug-likeness (QED) is 0.468. The summed E-state index contributed by atoms with van der Waals surface area (Å²) in [4.78, 5) is 11.4. The van der Waals surface area contributed by atoms with Crippen LogP contribution in [0, 0.1) is 12.3 Å². The first-order valence-electron chi connectivity index (χ1n) is 5.67. The van der Waals surface area contributed by atoms with Gasteiger partial charge in [0, 0.05) is 13.0 Å². The van der Waals surface area contributed by atoms with Crippen LogP contribution in [0.15, 0.2) is 0 Å². The van der Waals surface area contributed by atoms with E-state index >= 15 is 0 Å². The zero-order valence-corrected chi connectivity index (χ0v) is 9.81. The SMILES string of the molecule is C#CCCCCNC(C)C(=O)NCCC. The summed E-state index contributed by atoms with van der Waals surface area (Å²) in [5.74, 6) is 2.68. The fraction of sp³-hybridized carbons (Fsp3) is 0.750. The predicted molar refractivity (Wildman–Crippen MR) is 63.4 cm³/mol. The second kappa shape index (κ2) is 9.54. The fourth-order valence-corrected chi connectivity index (χ4v) is 1.16. The Morgan fingerprint density at radius 1 is 1.40 bits per heavy atom. The minimum atomic E-state index is -0.109. The molecular weight excluding hydrogens is 188 g/mol. The number of hydrogen-bond acceptors (Lipinski definition) is 2. The van der Waals surface area contributed by atoms with Gasteiger partial charge in [0.15, 0.2) is 0 Å². The maximum atomic E-state index is 11.4. The van der Waals surface area contributed by atoms with Gasteiger partial charge in [-0.25, -0.2) is 0 Å². The summed E-state index contributed by atoms with van der Waals surface area (Å²) in [6, 6.07) is -0.109. The van der Waals surface area contributed by atoms with Crippen molar-refractivity contribution in [1.82, 2.24) is 10.6 Å². The molecule has 0 heterocycles. The van der Waals surface area contributed by atoms with Gasteiger partial charge in [0.1, 0.15) is 0 Å². The van der Waals surface area contributed by atoms with E-state index in [4.69, 9.17) is 6.42 Å². The Labute approximate surface area is 93.0 Å². The number of carbonyl (C=O) groups is 1. The van der Waals surface area contributed by atoms with E-state index in [0.29, 0.717) is 0 Å². The van der Waals surface area contributed by atoms with Crippen molar-refractivity contribution in [3.63, 3.8) is 0 Å². The van der Waals surface area contributed by atoms with Crippen molar-refractivity contribution in [3.05, 3.63) is 0 Å². The number of unbranched alkanes of at least 4 members (excludes halogenated alkanes) is 2. The van der Waals surface area contributed by atoms with E-state index in [1.165, 1.54) is 0 Å². The molecule has 1 atom stereocenters. The van der Waals surface area contributed by atoms with Gasteiger partial charge in [-0.2, -0.15) is 0 Å². The topological polar surface area (TPSA) is 41.1 Å². The Balaban J connectivity index is 3.43. The van der Waals surface area contributed by atoms with Gasteiger partial charge in [0.25, 0.3) is 0 Å². The first-order valence-corrected chi connectivity index (χ1v) is 5.67. The largest absolute Gasteiger partial charge is 0.355 e. The molecule has 0 saturated heterocycles. The van der Waals surface area contributed by atoms with Gasteiger partial charge in [0.05, 0.1) is 6.04 Å². The number of nitrogens with one attached hydrogen (secondary N) is 2. The van der Waals surface area contributed by atoms with Gasteiger partial charge in [-0.05, 0) is 32.7 Å². The highest BCUT2D eigenvalue weighted by molar-refractivity contribution is 5.81. The van der Waals surface area contributed by atoms with Crippen molar-refractivity contribution in [3.8, 4) is 12.3 Å². The second-order valence-electron chi connectivity index (χ2n) is 3.63. The van der Waals surface area contributed by atoms with E-state index in [1.807, 2.05) is 13.8 Å². The summed E-state index contributed by atoms with van der Waals surface area (Å²) in [5.41, 5.74) is 0. The van der Waals surface area contributed by atoms with Crippen molar-refractivity contribution in [2.45, 2.75) is 45.6 Å². The normalized spacial score (nSPS) is 11.8. The summed E-state index contributed by atoms with van der Waals surface area (Å²) in [5, 5.41) is 6.02. The molecule has 0 fully saturated rings. The lowest BCUT2D eigenvalue weighted by Gasteiger charge is -2.13. The molecule has 3 heteroatoms. The molecule has 0 rings (SSSR count). The number of amides is 1. The standard InChI is InChI=1S/C12H22N2O/c1-4-6-7-8-10-13-11(3)12(15)14-9-5-2/h1,11,13H,5-10H2,2-3H3,(H,14,15). The van der Waals surface area contributed by atoms with Crippen LogP contribution < -0.4 is 10.6 Å². The lowest BCUT2D eigenvalue weighted by molar-refractivity contribution is -0.122. The summed E-state index contributed by atoms with van der Waals surface area (Å²) >= 11 is 0. The van der Waals surface area contributed by atoms with Crippen LogP contribution in [0.3, 0.4) is 0 Å². The molecule has 1 amide bonds. The summed E-state index contributed by atoms with van der Waals surface area (Å²) < 4.78 is 0. The Morgan fingerprint density at radius 2 is 2.13 bits per heavy atom. The third-order valence-corrected chi connectivity index (χ3v) is 2.14. The molecule has 0 saturated carbocycles. The van der Waals surface area contributed by atoms with Crippen molar-refractivity contribution < 1.29 is 4.79 Å². The third-order valence-electron chi connectivity index (χ3n) is 2.14. The molecule has 3 nitrogen and oxygen atoms in total. The average molecular weight is 210 g/mol. The minimum absolute atomic E-state index is 0.0776. The molecule has 15 heavy (non-hydrogen) atoms. The Bertz CT molecular complexity index is 208. The smallest absolute Gasteiger partial charge is 0.236 e. The lowest BCUT2D eigenvalue weighted by atomic mass is 10.2. The van der Waals surface area contributed by atoms with E-state index in [2.05, 4.69) is 16.6 Å². The van der Waals surface area contributed by atoms with Crippen LogP contribution in [0.2, 0.25) is 0 Å². The minimum Gasteiger partial charge on any atom is -0.355 e. The number of hydrogen-bond donors (Lipinski definition) is 2. The maximum absolute atomic E-state index is 11.4. The van der Waals surface area contributed by atoms with E-state index in [0.717, 1.165) is 38.8 Å². The van der Waals surface area contributed by atoms with Crippen LogP contribution in [-0.4, -0.2) is 25.0 Å². The van der Waals surface area contributed by atoms with Gasteiger partial charge < -0.3 is 10.6 Å². The summed E-state index contributed by atoms with van der Waals surface area (Å²) in [7, 11) is 0. The Kier molecular flexibility index (Phi) is 8.90. The van der Waals surface area contributed by atoms with Crippen LogP contribution in [0.4, 0.5) is 0 Å². The molecule has 0 aromatic carbocycles. The molecule has 1 unspecified atom stereocenters. The van der Waals surface area contributed by atoms with Crippen molar-refractivity contribution in [1.29, 1.82) is 0 Å². The van der Waals surface area contributed by atoms with Gasteiger partial charge in [-0.15, -0.1) is 12.3 Å². The molecule has 2 N–H and O–H groups in total. The third kappa shape index (κ3) is 8.02. The number of terminal acetylenes is 1. The first kappa shape index (κ1) is 14.0. The number of rotatable bonds is 8. The second-order valence-corrected chi connectivity index (χ2v) is 3.63. The van der Waals surface area contributed by atoms with E-state index in [9.17, 15) is 4.79 Å². The molecule has 0 spiro atoms. The zero-order valence-electron chi connectivity index (χ0n) is 9.81. The lowest BCUT2D eigenvalue weighted by Crippen LogP contribution is -2.42. The van der Waals surface area contributed by atoms with Crippen LogP contribution in [0.25, 0.3) is 0 Å². The first-order chi connectivity index (χ1) is 7.22. The molecular formula is C12H22N2O. The van der Waals surface area contributed by atoms with Crippen LogP contribution in [-0.2, 0) is 4.79 Å². The molecule has 0 aromatic heterocycles. The average Bonchev–Trinajstić information content (AvgIpc) is 2.25. The highest BCUT2D eigenvalue weighted by Gasteiger charge is 2.09. The van der Waals surface area contributed by atoms with Crippen molar-refractivity contribution >= 4 is 5.91 Å². The van der Waals surface area contributed by atoms with Gasteiger partial charge >= 0.3 is 0 Å². The molecule has 86 valence electrons. The highest BCUT2D eigenvalue weighted by Crippen LogP contribution is 1.92. The molecule has 0 aliphatic heterocycles. The highest BCUT2D eigenvalue weighted by atomic mass is 16.2. The van der Waals surface area contributed by atoms with Gasteiger partial charge in [-0.3, -0.25) is 4.79 Å². The van der Waals surface area contributed by atoms with Crippen molar-refractivity contribution in [2.24, 2.45) is 0 Å². The van der Waals surface area contributed by atoms with E-state index < -0.39 is 0 Å². The predicted octanol–water partition coefficient (Wildman–Crippen LogP) is 1.29. The van der Waals surface area contributed by atoms with Gasteiger partial charge in [-0.1, -0.05) is 6.92 Å². The molecule has 0 bridgehead atoms. The van der Waals surface area contributed by atoms with Crippen molar-refractivity contribution in [2.75, 3.05) is 13.1 Å². The van der Waals surface area contributed by atoms with Gasteiger partial charge in [0.2, 0.25) is 5.91 Å². The van der Waals surface area contributed by atoms with Crippen LogP contribution >= 0.6 is 0 Å². The van der Waals surface area contributed by atoms with E-state index in [-0.39, 0.29) is 11.9 Å². The molecule has 0 aromatic rings. The monoisotopic (exact) mass is 210 g/mol. The van der Waals surface area contributed by atoms with E-state index in [1.54, 1.807) is 0 Å². The zero-order chi connectivity index (χ0) is 11.5. The fourth-order valence-electron chi connectivity index (χ4n) is 1.16. The molecule has 0 aliphatic rings. The molecule has 0 aliphatic carbocycles. The Hall–Kier alpha value is -1.01. The van der Waals surface area contributed by atoms with Crippen LogP contribution in [0.5, 0.6) is 0 Å².